The molecule has 0 aliphatic heterocycles. The van der Waals surface area contributed by atoms with Crippen molar-refractivity contribution >= 4 is 56.1 Å². The molecule has 0 aliphatic rings. The van der Waals surface area contributed by atoms with Gasteiger partial charge < -0.3 is 14.2 Å². The zero-order valence-corrected chi connectivity index (χ0v) is 32.1. The zero-order chi connectivity index (χ0) is 39.5. The molecule has 9 aromatic carbocycles. The molecule has 59 heavy (non-hydrogen) atoms. The van der Waals surface area contributed by atoms with Gasteiger partial charge in [-0.25, -0.2) is 0 Å². The van der Waals surface area contributed by atoms with Gasteiger partial charge in [-0.05, 0) is 106 Å². The van der Waals surface area contributed by atoms with Crippen LogP contribution in [0, 0.1) is 11.3 Å². The standard InChI is InChI=1S/C55H37N3O/c56-38-45-14-10-19-51-52-20-11-21-53(55(52)59-54(45)51)58(47-17-8-3-9-18-47)50-36-30-44(31-37-50)43-28-34-49(35-29-43)57(46-15-6-2-7-16-46)48-32-26-42(27-33-48)41-24-22-40(23-25-41)39-12-4-1-5-13-39/h1-37H. The topological polar surface area (TPSA) is 43.4 Å². The highest BCUT2D eigenvalue weighted by Gasteiger charge is 2.20. The molecule has 0 N–H and O–H groups in total. The predicted octanol–water partition coefficient (Wildman–Crippen LogP) is 15.4. The second-order valence-corrected chi connectivity index (χ2v) is 14.5. The van der Waals surface area contributed by atoms with Crippen LogP contribution in [0.1, 0.15) is 5.56 Å². The lowest BCUT2D eigenvalue weighted by Crippen LogP contribution is -2.10. The Morgan fingerprint density at radius 3 is 1.14 bits per heavy atom. The number of anilines is 6. The summed E-state index contributed by atoms with van der Waals surface area (Å²) in [7, 11) is 0. The van der Waals surface area contributed by atoms with Gasteiger partial charge in [-0.15, -0.1) is 0 Å². The van der Waals surface area contributed by atoms with Crippen molar-refractivity contribution in [3.63, 3.8) is 0 Å². The van der Waals surface area contributed by atoms with Crippen LogP contribution in [0.3, 0.4) is 0 Å². The Kier molecular flexibility index (Phi) is 9.23. The van der Waals surface area contributed by atoms with Crippen molar-refractivity contribution in [2.75, 3.05) is 9.80 Å². The van der Waals surface area contributed by atoms with Gasteiger partial charge in [0.05, 0.1) is 11.3 Å². The first-order chi connectivity index (χ1) is 29.2. The highest BCUT2D eigenvalue weighted by atomic mass is 16.3. The van der Waals surface area contributed by atoms with Crippen LogP contribution in [0.15, 0.2) is 229 Å². The van der Waals surface area contributed by atoms with Gasteiger partial charge in [-0.1, -0.05) is 152 Å². The molecular formula is C55H37N3O. The lowest BCUT2D eigenvalue weighted by atomic mass is 10.00. The van der Waals surface area contributed by atoms with Gasteiger partial charge in [-0.2, -0.15) is 5.26 Å². The molecule has 4 heteroatoms. The molecule has 0 fully saturated rings. The maximum atomic E-state index is 9.82. The third-order valence-electron chi connectivity index (χ3n) is 10.9. The Morgan fingerprint density at radius 2 is 0.661 bits per heavy atom. The monoisotopic (exact) mass is 755 g/mol. The summed E-state index contributed by atoms with van der Waals surface area (Å²) in [5, 5.41) is 11.7. The molecule has 0 bridgehead atoms. The number of benzene rings is 9. The summed E-state index contributed by atoms with van der Waals surface area (Å²) in [6.07, 6.45) is 0. The molecule has 0 atom stereocenters. The van der Waals surface area contributed by atoms with Crippen LogP contribution >= 0.6 is 0 Å². The van der Waals surface area contributed by atoms with E-state index in [1.807, 2.05) is 36.4 Å². The molecular weight excluding hydrogens is 719 g/mol. The van der Waals surface area contributed by atoms with Crippen molar-refractivity contribution in [3.05, 3.63) is 230 Å². The van der Waals surface area contributed by atoms with Crippen molar-refractivity contribution < 1.29 is 4.42 Å². The molecule has 0 saturated heterocycles. The van der Waals surface area contributed by atoms with E-state index in [4.69, 9.17) is 4.42 Å². The van der Waals surface area contributed by atoms with E-state index in [1.54, 1.807) is 6.07 Å². The number of hydrogen-bond acceptors (Lipinski definition) is 4. The van der Waals surface area contributed by atoms with Crippen molar-refractivity contribution in [1.82, 2.24) is 0 Å². The third-order valence-corrected chi connectivity index (χ3v) is 10.9. The fraction of sp³-hybridized carbons (Fsp3) is 0. The van der Waals surface area contributed by atoms with E-state index in [1.165, 1.54) is 22.3 Å². The maximum absolute atomic E-state index is 9.82. The zero-order valence-electron chi connectivity index (χ0n) is 32.1. The van der Waals surface area contributed by atoms with Crippen LogP contribution in [0.25, 0.3) is 55.3 Å². The van der Waals surface area contributed by atoms with Gasteiger partial charge in [-0.3, -0.25) is 0 Å². The average Bonchev–Trinajstić information content (AvgIpc) is 3.71. The van der Waals surface area contributed by atoms with Crippen LogP contribution in [0.2, 0.25) is 0 Å². The van der Waals surface area contributed by atoms with Crippen molar-refractivity contribution in [2.24, 2.45) is 0 Å². The number of hydrogen-bond donors (Lipinski definition) is 0. The Hall–Kier alpha value is -8.13. The minimum atomic E-state index is 0.525. The Morgan fingerprint density at radius 1 is 0.305 bits per heavy atom. The summed E-state index contributed by atoms with van der Waals surface area (Å²) in [5.74, 6) is 0. The van der Waals surface area contributed by atoms with E-state index in [0.717, 1.165) is 61.6 Å². The summed E-state index contributed by atoms with van der Waals surface area (Å²) in [6.45, 7) is 0. The Bertz CT molecular complexity index is 3060. The number of nitrogens with zero attached hydrogens (tertiary/aromatic N) is 3. The summed E-state index contributed by atoms with van der Waals surface area (Å²) >= 11 is 0. The molecule has 0 radical (unpaired) electrons. The first-order valence-corrected chi connectivity index (χ1v) is 19.7. The first kappa shape index (κ1) is 35.3. The van der Waals surface area contributed by atoms with Gasteiger partial charge >= 0.3 is 0 Å². The second kappa shape index (κ2) is 15.4. The van der Waals surface area contributed by atoms with E-state index in [2.05, 4.69) is 198 Å². The predicted molar refractivity (Wildman–Crippen MR) is 244 cm³/mol. The van der Waals surface area contributed by atoms with E-state index in [9.17, 15) is 5.26 Å². The SMILES string of the molecule is N#Cc1cccc2c1oc1c(N(c3ccccc3)c3ccc(-c4ccc(N(c5ccccc5)c5ccc(-c6ccc(-c7ccccc7)cc6)cc5)cc4)cc3)cccc12. The van der Waals surface area contributed by atoms with Crippen LogP contribution in [0.5, 0.6) is 0 Å². The molecule has 4 nitrogen and oxygen atoms in total. The van der Waals surface area contributed by atoms with Gasteiger partial charge in [0.25, 0.3) is 0 Å². The molecule has 0 saturated carbocycles. The molecule has 1 aromatic heterocycles. The number of rotatable bonds is 9. The average molecular weight is 756 g/mol. The molecule has 10 rings (SSSR count). The van der Waals surface area contributed by atoms with Crippen LogP contribution in [-0.2, 0) is 0 Å². The van der Waals surface area contributed by atoms with E-state index < -0.39 is 0 Å². The number of furan rings is 1. The van der Waals surface area contributed by atoms with Crippen LogP contribution in [-0.4, -0.2) is 0 Å². The van der Waals surface area contributed by atoms with E-state index in [0.29, 0.717) is 11.1 Å². The van der Waals surface area contributed by atoms with Crippen LogP contribution < -0.4 is 9.80 Å². The normalized spacial score (nSPS) is 11.0. The fourth-order valence-electron chi connectivity index (χ4n) is 7.99. The quantitative estimate of drug-likeness (QED) is 0.147. The van der Waals surface area contributed by atoms with Gasteiger partial charge in [0.2, 0.25) is 0 Å². The minimum Gasteiger partial charge on any atom is -0.452 e. The molecule has 0 aliphatic carbocycles. The molecule has 0 amide bonds. The number of para-hydroxylation sites is 4. The lowest BCUT2D eigenvalue weighted by molar-refractivity contribution is 0.668. The van der Waals surface area contributed by atoms with Crippen molar-refractivity contribution in [1.29, 1.82) is 5.26 Å². The second-order valence-electron chi connectivity index (χ2n) is 14.5. The largest absolute Gasteiger partial charge is 0.452 e. The van der Waals surface area contributed by atoms with Gasteiger partial charge in [0.15, 0.2) is 11.2 Å². The minimum absolute atomic E-state index is 0.525. The number of nitriles is 1. The van der Waals surface area contributed by atoms with Crippen molar-refractivity contribution in [2.45, 2.75) is 0 Å². The molecule has 0 spiro atoms. The first-order valence-electron chi connectivity index (χ1n) is 19.7. The summed E-state index contributed by atoms with van der Waals surface area (Å²) in [4.78, 5) is 4.51. The molecule has 0 unspecified atom stereocenters. The summed E-state index contributed by atoms with van der Waals surface area (Å²) < 4.78 is 6.49. The Labute approximate surface area is 343 Å². The molecule has 278 valence electrons. The third kappa shape index (κ3) is 6.78. The maximum Gasteiger partial charge on any atom is 0.159 e. The smallest absolute Gasteiger partial charge is 0.159 e. The van der Waals surface area contributed by atoms with Gasteiger partial charge in [0.1, 0.15) is 6.07 Å². The molecule has 1 heterocycles. The van der Waals surface area contributed by atoms with E-state index in [-0.39, 0.29) is 0 Å². The molecule has 10 aromatic rings. The Balaban J connectivity index is 0.951. The number of fused-ring (bicyclic) bond motifs is 3. The van der Waals surface area contributed by atoms with Crippen molar-refractivity contribution in [3.8, 4) is 39.4 Å². The lowest BCUT2D eigenvalue weighted by Gasteiger charge is -2.26. The van der Waals surface area contributed by atoms with Crippen LogP contribution in [0.4, 0.5) is 34.1 Å². The van der Waals surface area contributed by atoms with E-state index >= 15 is 0 Å². The fourth-order valence-corrected chi connectivity index (χ4v) is 7.99. The summed E-state index contributed by atoms with van der Waals surface area (Å²) in [6, 6.07) is 80.5. The van der Waals surface area contributed by atoms with Gasteiger partial charge in [0, 0.05) is 39.2 Å². The summed E-state index contributed by atoms with van der Waals surface area (Å²) in [5.41, 5.74) is 15.1. The highest BCUT2D eigenvalue weighted by Crippen LogP contribution is 2.43. The highest BCUT2D eigenvalue weighted by molar-refractivity contribution is 6.11.